The molecule has 10 heavy (non-hydrogen) atoms. The van der Waals surface area contributed by atoms with Gasteiger partial charge in [0.2, 0.25) is 0 Å². The van der Waals surface area contributed by atoms with Gasteiger partial charge >= 0.3 is 5.97 Å². The molecule has 0 bridgehead atoms. The van der Waals surface area contributed by atoms with Crippen molar-refractivity contribution in [2.45, 2.75) is 6.92 Å². The van der Waals surface area contributed by atoms with Crippen molar-refractivity contribution < 1.29 is 9.53 Å². The van der Waals surface area contributed by atoms with Crippen molar-refractivity contribution in [3.05, 3.63) is 9.66 Å². The van der Waals surface area contributed by atoms with Gasteiger partial charge in [-0.1, -0.05) is 22.6 Å². The lowest BCUT2D eigenvalue weighted by Gasteiger charge is -1.95. The maximum atomic E-state index is 10.7. The average Bonchev–Trinajstić information content (AvgIpc) is 1.88. The normalized spacial score (nSPS) is 11.3. The van der Waals surface area contributed by atoms with Crippen molar-refractivity contribution >= 4 is 51.2 Å². The van der Waals surface area contributed by atoms with E-state index in [-0.39, 0.29) is 5.97 Å². The number of carbonyl (C=O) groups excluding carboxylic acids is 1. The highest BCUT2D eigenvalue weighted by Gasteiger charge is 1.96. The number of halogens is 2. The minimum atomic E-state index is -0.247. The number of carbonyl (C=O) groups is 1. The highest BCUT2D eigenvalue weighted by atomic mass is 127. The summed E-state index contributed by atoms with van der Waals surface area (Å²) in [5.74, 6) is -0.247. The van der Waals surface area contributed by atoms with Crippen molar-refractivity contribution in [3.63, 3.8) is 0 Å². The van der Waals surface area contributed by atoms with Crippen LogP contribution in [0.3, 0.4) is 0 Å². The molecule has 0 unspecified atom stereocenters. The van der Waals surface area contributed by atoms with Crippen LogP contribution in [0.25, 0.3) is 0 Å². The Balaban J connectivity index is 3.75. The molecule has 0 fully saturated rings. The van der Waals surface area contributed by atoms with E-state index in [2.05, 4.69) is 45.2 Å². The van der Waals surface area contributed by atoms with E-state index >= 15 is 0 Å². The fourth-order valence-corrected chi connectivity index (χ4v) is 0.825. The zero-order chi connectivity index (χ0) is 7.98. The summed E-state index contributed by atoms with van der Waals surface area (Å²) in [6.45, 7) is 2.24. The van der Waals surface area contributed by atoms with Crippen LogP contribution >= 0.6 is 45.2 Å². The van der Waals surface area contributed by atoms with E-state index in [9.17, 15) is 4.79 Å². The molecule has 0 aliphatic carbocycles. The third-order valence-electron chi connectivity index (χ3n) is 0.689. The molecule has 0 amide bonds. The van der Waals surface area contributed by atoms with E-state index in [1.807, 2.05) is 0 Å². The molecule has 0 saturated heterocycles. The fraction of sp³-hybridized carbons (Fsp3) is 0.500. The molecule has 0 spiro atoms. The first-order valence-corrected chi connectivity index (χ1v) is 5.40. The van der Waals surface area contributed by atoms with Crippen LogP contribution in [-0.4, -0.2) is 17.0 Å². The average molecular weight is 366 g/mol. The quantitative estimate of drug-likeness (QED) is 0.332. The molecule has 0 aliphatic heterocycles. The van der Waals surface area contributed by atoms with Crippen LogP contribution in [0, 0.1) is 0 Å². The number of ether oxygens (including phenoxy) is 1. The standard InChI is InChI=1S/C6H8I2O2/c1-2-10-6(9)3-5(8)4-7/h3H,2,4H2,1H3/b5-3+. The third-order valence-corrected chi connectivity index (χ3v) is 3.66. The van der Waals surface area contributed by atoms with Crippen molar-refractivity contribution in [2.75, 3.05) is 11.0 Å². The number of alkyl halides is 1. The molecule has 0 heterocycles. The number of esters is 1. The molecule has 0 aromatic heterocycles. The minimum absolute atomic E-state index is 0.247. The summed E-state index contributed by atoms with van der Waals surface area (Å²) in [7, 11) is 0. The Morgan fingerprint density at radius 3 is 2.70 bits per heavy atom. The van der Waals surface area contributed by atoms with Gasteiger partial charge in [-0.3, -0.25) is 0 Å². The molecule has 0 aliphatic rings. The Labute approximate surface area is 87.7 Å². The highest BCUT2D eigenvalue weighted by Crippen LogP contribution is 2.08. The SMILES string of the molecule is CCOC(=O)/C=C(/I)CI. The largest absolute Gasteiger partial charge is 0.463 e. The van der Waals surface area contributed by atoms with Gasteiger partial charge in [0.05, 0.1) is 6.61 Å². The molecule has 0 rings (SSSR count). The summed E-state index contributed by atoms with van der Waals surface area (Å²) < 4.78 is 6.56. The summed E-state index contributed by atoms with van der Waals surface area (Å²) in [5.41, 5.74) is 0. The van der Waals surface area contributed by atoms with Gasteiger partial charge in [-0.25, -0.2) is 4.79 Å². The predicted molar refractivity (Wildman–Crippen MR) is 57.6 cm³/mol. The van der Waals surface area contributed by atoms with Crippen LogP contribution in [0.15, 0.2) is 9.66 Å². The Bertz CT molecular complexity index is 143. The maximum Gasteiger partial charge on any atom is 0.331 e. The van der Waals surface area contributed by atoms with Gasteiger partial charge in [0.1, 0.15) is 0 Å². The smallest absolute Gasteiger partial charge is 0.331 e. The number of rotatable bonds is 3. The van der Waals surface area contributed by atoms with Crippen molar-refractivity contribution in [3.8, 4) is 0 Å². The topological polar surface area (TPSA) is 26.3 Å². The Morgan fingerprint density at radius 2 is 2.30 bits per heavy atom. The molecular weight excluding hydrogens is 358 g/mol. The van der Waals surface area contributed by atoms with E-state index in [0.29, 0.717) is 6.61 Å². The summed E-state index contributed by atoms with van der Waals surface area (Å²) >= 11 is 4.30. The van der Waals surface area contributed by atoms with Crippen LogP contribution in [0.4, 0.5) is 0 Å². The lowest BCUT2D eigenvalue weighted by molar-refractivity contribution is -0.137. The first kappa shape index (κ1) is 10.7. The zero-order valence-electron chi connectivity index (χ0n) is 5.56. The molecule has 0 radical (unpaired) electrons. The Morgan fingerprint density at radius 1 is 1.70 bits per heavy atom. The van der Waals surface area contributed by atoms with Crippen LogP contribution < -0.4 is 0 Å². The molecule has 0 atom stereocenters. The fourth-order valence-electron chi connectivity index (χ4n) is 0.350. The molecule has 0 saturated carbocycles. The van der Waals surface area contributed by atoms with E-state index in [4.69, 9.17) is 4.74 Å². The molecular formula is C6H8I2O2. The summed E-state index contributed by atoms with van der Waals surface area (Å²) in [6, 6.07) is 0. The molecule has 0 N–H and O–H groups in total. The zero-order valence-corrected chi connectivity index (χ0v) is 9.88. The van der Waals surface area contributed by atoms with Crippen LogP contribution in [0.1, 0.15) is 6.92 Å². The summed E-state index contributed by atoms with van der Waals surface area (Å²) in [4.78, 5) is 10.7. The second-order valence-electron chi connectivity index (χ2n) is 1.48. The first-order chi connectivity index (χ1) is 4.70. The number of hydrogen-bond acceptors (Lipinski definition) is 2. The number of hydrogen-bond donors (Lipinski definition) is 0. The third kappa shape index (κ3) is 5.45. The number of allylic oxidation sites excluding steroid dienone is 1. The predicted octanol–water partition coefficient (Wildman–Crippen LogP) is 2.30. The monoisotopic (exact) mass is 366 g/mol. The second-order valence-corrected chi connectivity index (χ2v) is 3.63. The minimum Gasteiger partial charge on any atom is -0.463 e. The first-order valence-electron chi connectivity index (χ1n) is 2.79. The van der Waals surface area contributed by atoms with Gasteiger partial charge < -0.3 is 4.74 Å². The van der Waals surface area contributed by atoms with E-state index in [0.717, 1.165) is 8.01 Å². The Kier molecular flexibility index (Phi) is 6.81. The van der Waals surface area contributed by atoms with Crippen LogP contribution in [0.2, 0.25) is 0 Å². The van der Waals surface area contributed by atoms with Gasteiger partial charge in [0, 0.05) is 14.1 Å². The lowest BCUT2D eigenvalue weighted by atomic mass is 10.5. The van der Waals surface area contributed by atoms with E-state index in [1.165, 1.54) is 6.08 Å². The second kappa shape index (κ2) is 6.38. The molecule has 4 heteroatoms. The van der Waals surface area contributed by atoms with Crippen molar-refractivity contribution in [1.29, 1.82) is 0 Å². The van der Waals surface area contributed by atoms with Crippen LogP contribution in [-0.2, 0) is 9.53 Å². The molecule has 2 nitrogen and oxygen atoms in total. The van der Waals surface area contributed by atoms with Gasteiger partial charge in [0.15, 0.2) is 0 Å². The van der Waals surface area contributed by atoms with Crippen LogP contribution in [0.5, 0.6) is 0 Å². The van der Waals surface area contributed by atoms with Gasteiger partial charge in [-0.15, -0.1) is 0 Å². The molecule has 58 valence electrons. The maximum absolute atomic E-state index is 10.7. The van der Waals surface area contributed by atoms with Crippen molar-refractivity contribution in [1.82, 2.24) is 0 Å². The van der Waals surface area contributed by atoms with Crippen molar-refractivity contribution in [2.24, 2.45) is 0 Å². The van der Waals surface area contributed by atoms with E-state index in [1.54, 1.807) is 6.92 Å². The molecule has 0 aromatic rings. The highest BCUT2D eigenvalue weighted by molar-refractivity contribution is 14.1. The van der Waals surface area contributed by atoms with E-state index < -0.39 is 0 Å². The Hall–Kier alpha value is 0.670. The summed E-state index contributed by atoms with van der Waals surface area (Å²) in [5, 5.41) is 0. The van der Waals surface area contributed by atoms with Gasteiger partial charge in [-0.05, 0) is 29.5 Å². The van der Waals surface area contributed by atoms with Gasteiger partial charge in [0.25, 0.3) is 0 Å². The lowest BCUT2D eigenvalue weighted by Crippen LogP contribution is -1.99. The molecule has 0 aromatic carbocycles. The van der Waals surface area contributed by atoms with Gasteiger partial charge in [-0.2, -0.15) is 0 Å². The summed E-state index contributed by atoms with van der Waals surface area (Å²) in [6.07, 6.45) is 1.51.